The van der Waals surface area contributed by atoms with Crippen LogP contribution in [-0.4, -0.2) is 28.8 Å². The Labute approximate surface area is 205 Å². The van der Waals surface area contributed by atoms with Crippen LogP contribution in [0.25, 0.3) is 0 Å². The van der Waals surface area contributed by atoms with Crippen LogP contribution in [0.4, 0.5) is 5.69 Å². The number of halogens is 1. The van der Waals surface area contributed by atoms with Crippen LogP contribution in [0.3, 0.4) is 0 Å². The Morgan fingerprint density at radius 3 is 1.85 bits per heavy atom. The van der Waals surface area contributed by atoms with Crippen molar-refractivity contribution < 1.29 is 14.7 Å². The van der Waals surface area contributed by atoms with Crippen LogP contribution in [0.15, 0.2) is 72.8 Å². The van der Waals surface area contributed by atoms with E-state index in [0.717, 1.165) is 5.56 Å². The summed E-state index contributed by atoms with van der Waals surface area (Å²) < 4.78 is 0. The Balaban J connectivity index is 0.000000241. The third kappa shape index (κ3) is 7.53. The number of Topliss-reactive ketones (excluding diaryl/α,β-unsaturated/α-hetero) is 2. The topological polar surface area (TPSA) is 116 Å². The van der Waals surface area contributed by atoms with Crippen LogP contribution in [0, 0.1) is 11.3 Å². The van der Waals surface area contributed by atoms with Crippen molar-refractivity contribution in [1.29, 1.82) is 5.26 Å². The molecular formula is C27H28ClN3O3. The Morgan fingerprint density at radius 1 is 1.00 bits per heavy atom. The first kappa shape index (κ1) is 26.7. The lowest BCUT2D eigenvalue weighted by Gasteiger charge is -2.28. The van der Waals surface area contributed by atoms with Crippen LogP contribution in [0.5, 0.6) is 0 Å². The molecule has 176 valence electrons. The molecule has 0 fully saturated rings. The van der Waals surface area contributed by atoms with E-state index in [9.17, 15) is 14.7 Å². The SMILES string of the molecule is CC(C)(C)NC(CO)c1cc(Cl)c(N)c(C#N)c1.O=C(C(=O)c1ccccc1)c1ccccc1. The number of nitrogens with one attached hydrogen (secondary N) is 1. The number of aliphatic hydroxyl groups excluding tert-OH is 1. The van der Waals surface area contributed by atoms with Gasteiger partial charge in [-0.1, -0.05) is 72.3 Å². The number of hydrogen-bond donors (Lipinski definition) is 3. The number of hydrogen-bond acceptors (Lipinski definition) is 6. The Hall–Kier alpha value is -3.50. The summed E-state index contributed by atoms with van der Waals surface area (Å²) in [4.78, 5) is 23.6. The van der Waals surface area contributed by atoms with Crippen LogP contribution < -0.4 is 11.1 Å². The van der Waals surface area contributed by atoms with Crippen molar-refractivity contribution in [2.24, 2.45) is 0 Å². The first-order chi connectivity index (χ1) is 16.1. The van der Waals surface area contributed by atoms with E-state index in [2.05, 4.69) is 5.32 Å². The minimum atomic E-state index is -0.466. The number of carbonyl (C=O) groups excluding carboxylic acids is 2. The predicted molar refractivity (Wildman–Crippen MR) is 135 cm³/mol. The van der Waals surface area contributed by atoms with Gasteiger partial charge in [0.25, 0.3) is 0 Å². The van der Waals surface area contributed by atoms with Crippen molar-refractivity contribution in [2.75, 3.05) is 12.3 Å². The van der Waals surface area contributed by atoms with Gasteiger partial charge in [-0.3, -0.25) is 9.59 Å². The van der Waals surface area contributed by atoms with E-state index in [4.69, 9.17) is 22.6 Å². The summed E-state index contributed by atoms with van der Waals surface area (Å²) >= 11 is 5.98. The molecule has 34 heavy (non-hydrogen) atoms. The highest BCUT2D eigenvalue weighted by Gasteiger charge is 2.20. The average Bonchev–Trinajstić information content (AvgIpc) is 2.84. The number of benzene rings is 3. The zero-order chi connectivity index (χ0) is 25.3. The molecule has 4 N–H and O–H groups in total. The van der Waals surface area contributed by atoms with Gasteiger partial charge in [0.2, 0.25) is 11.6 Å². The summed E-state index contributed by atoms with van der Waals surface area (Å²) in [6, 6.07) is 22.2. The molecule has 1 atom stereocenters. The van der Waals surface area contributed by atoms with E-state index < -0.39 is 11.6 Å². The molecule has 0 aliphatic rings. The van der Waals surface area contributed by atoms with Crippen LogP contribution >= 0.6 is 11.6 Å². The van der Waals surface area contributed by atoms with E-state index in [-0.39, 0.29) is 23.9 Å². The van der Waals surface area contributed by atoms with Gasteiger partial charge in [0.05, 0.1) is 28.9 Å². The third-order valence-electron chi connectivity index (χ3n) is 4.74. The van der Waals surface area contributed by atoms with Gasteiger partial charge in [-0.15, -0.1) is 0 Å². The summed E-state index contributed by atoms with van der Waals surface area (Å²) in [5, 5.41) is 22.0. The van der Waals surface area contributed by atoms with Crippen molar-refractivity contribution >= 4 is 28.9 Å². The van der Waals surface area contributed by atoms with Crippen molar-refractivity contribution in [3.63, 3.8) is 0 Å². The van der Waals surface area contributed by atoms with Crippen LogP contribution in [0.1, 0.15) is 58.7 Å². The zero-order valence-electron chi connectivity index (χ0n) is 19.4. The number of nitriles is 1. The van der Waals surface area contributed by atoms with Crippen molar-refractivity contribution in [3.8, 4) is 6.07 Å². The lowest BCUT2D eigenvalue weighted by atomic mass is 10.00. The standard InChI is InChI=1S/C14H10O2.C13H18ClN3O/c15-13(11-7-3-1-4-8-11)14(16)12-9-5-2-6-10-12;1-13(2,3)17-11(7-18)8-4-9(6-15)12(16)10(14)5-8/h1-10H;4-5,11,17-18H,7,16H2,1-3H3. The second-order valence-corrected chi connectivity index (χ2v) is 9.00. The van der Waals surface area contributed by atoms with Gasteiger partial charge in [-0.25, -0.2) is 0 Å². The molecule has 0 amide bonds. The number of nitrogen functional groups attached to an aromatic ring is 1. The minimum absolute atomic E-state index is 0.0810. The number of carbonyl (C=O) groups is 2. The molecule has 0 aromatic heterocycles. The summed E-state index contributed by atoms with van der Waals surface area (Å²) in [7, 11) is 0. The van der Waals surface area contributed by atoms with Gasteiger partial charge in [0.1, 0.15) is 6.07 Å². The van der Waals surface area contributed by atoms with E-state index in [1.54, 1.807) is 60.7 Å². The summed E-state index contributed by atoms with van der Waals surface area (Å²) in [5.74, 6) is -0.932. The molecule has 0 aliphatic carbocycles. The van der Waals surface area contributed by atoms with Crippen LogP contribution in [0.2, 0.25) is 5.02 Å². The Morgan fingerprint density at radius 2 is 1.47 bits per heavy atom. The molecule has 0 heterocycles. The molecular weight excluding hydrogens is 450 g/mol. The second-order valence-electron chi connectivity index (χ2n) is 8.60. The number of nitrogens with two attached hydrogens (primary N) is 1. The van der Waals surface area contributed by atoms with Gasteiger partial charge in [0, 0.05) is 16.7 Å². The second kappa shape index (κ2) is 12.1. The highest BCUT2D eigenvalue weighted by molar-refractivity contribution is 6.49. The molecule has 6 nitrogen and oxygen atoms in total. The van der Waals surface area contributed by atoms with E-state index in [1.165, 1.54) is 0 Å². The van der Waals surface area contributed by atoms with E-state index in [0.29, 0.717) is 21.7 Å². The molecule has 1 unspecified atom stereocenters. The number of ketones is 2. The van der Waals surface area contributed by atoms with Crippen molar-refractivity contribution in [3.05, 3.63) is 100 Å². The maximum Gasteiger partial charge on any atom is 0.233 e. The minimum Gasteiger partial charge on any atom is -0.396 e. The summed E-state index contributed by atoms with van der Waals surface area (Å²) in [6.45, 7) is 5.92. The Bertz CT molecular complexity index is 1120. The van der Waals surface area contributed by atoms with Gasteiger partial charge >= 0.3 is 0 Å². The molecule has 0 saturated heterocycles. The van der Waals surface area contributed by atoms with Gasteiger partial charge in [0.15, 0.2) is 0 Å². The summed E-state index contributed by atoms with van der Waals surface area (Å²) in [5.41, 5.74) is 7.74. The summed E-state index contributed by atoms with van der Waals surface area (Å²) in [6.07, 6.45) is 0. The monoisotopic (exact) mass is 477 g/mol. The molecule has 0 spiro atoms. The molecule has 0 saturated carbocycles. The predicted octanol–water partition coefficient (Wildman–Crippen LogP) is 4.97. The average molecular weight is 478 g/mol. The maximum absolute atomic E-state index is 11.8. The fourth-order valence-electron chi connectivity index (χ4n) is 3.13. The van der Waals surface area contributed by atoms with Gasteiger partial charge < -0.3 is 16.2 Å². The van der Waals surface area contributed by atoms with Gasteiger partial charge in [-0.05, 0) is 38.5 Å². The maximum atomic E-state index is 11.8. The first-order valence-electron chi connectivity index (χ1n) is 10.6. The Kier molecular flexibility index (Phi) is 9.52. The molecule has 0 aliphatic heterocycles. The van der Waals surface area contributed by atoms with Crippen LogP contribution in [-0.2, 0) is 0 Å². The molecule has 0 bridgehead atoms. The number of anilines is 1. The highest BCUT2D eigenvalue weighted by Crippen LogP contribution is 2.28. The van der Waals surface area contributed by atoms with E-state index >= 15 is 0 Å². The molecule has 7 heteroatoms. The van der Waals surface area contributed by atoms with Crippen molar-refractivity contribution in [1.82, 2.24) is 5.32 Å². The fourth-order valence-corrected chi connectivity index (χ4v) is 3.36. The third-order valence-corrected chi connectivity index (χ3v) is 5.06. The fraction of sp³-hybridized carbons (Fsp3) is 0.222. The van der Waals surface area contributed by atoms with Gasteiger partial charge in [-0.2, -0.15) is 5.26 Å². The molecule has 3 aromatic rings. The molecule has 3 aromatic carbocycles. The van der Waals surface area contributed by atoms with Crippen molar-refractivity contribution in [2.45, 2.75) is 32.4 Å². The largest absolute Gasteiger partial charge is 0.396 e. The first-order valence-corrected chi connectivity index (χ1v) is 11.0. The normalized spacial score (nSPS) is 11.5. The highest BCUT2D eigenvalue weighted by atomic mass is 35.5. The molecule has 0 radical (unpaired) electrons. The number of rotatable bonds is 6. The lowest BCUT2D eigenvalue weighted by Crippen LogP contribution is -2.40. The zero-order valence-corrected chi connectivity index (χ0v) is 20.1. The number of nitrogens with zero attached hydrogens (tertiary/aromatic N) is 1. The van der Waals surface area contributed by atoms with E-state index in [1.807, 2.05) is 39.0 Å². The number of aliphatic hydroxyl groups is 1. The smallest absolute Gasteiger partial charge is 0.233 e. The quantitative estimate of drug-likeness (QED) is 0.262. The lowest BCUT2D eigenvalue weighted by molar-refractivity contribution is 0.0817. The molecule has 3 rings (SSSR count).